The molecule has 0 radical (unpaired) electrons. The van der Waals surface area contributed by atoms with Gasteiger partial charge in [0.2, 0.25) is 11.8 Å². The van der Waals surface area contributed by atoms with Crippen LogP contribution >= 0.6 is 11.3 Å². The Hall–Kier alpha value is -2.41. The molecule has 3 rings (SSSR count). The van der Waals surface area contributed by atoms with Crippen molar-refractivity contribution in [3.8, 4) is 0 Å². The molecule has 0 unspecified atom stereocenters. The number of amides is 2. The number of piperazine rings is 1. The quantitative estimate of drug-likeness (QED) is 0.846. The Morgan fingerprint density at radius 1 is 1.08 bits per heavy atom. The Balaban J connectivity index is 1.37. The van der Waals surface area contributed by atoms with Crippen LogP contribution < -0.4 is 15.2 Å². The summed E-state index contributed by atoms with van der Waals surface area (Å²) in [6, 6.07) is 9.93. The number of thiophene rings is 1. The number of aromatic nitrogens is 1. The summed E-state index contributed by atoms with van der Waals surface area (Å²) < 4.78 is 0. The summed E-state index contributed by atoms with van der Waals surface area (Å²) in [7, 11) is 0. The topological polar surface area (TPSA) is 66.8 Å². The maximum absolute atomic E-state index is 12.3. The highest BCUT2D eigenvalue weighted by atomic mass is 32.1. The highest BCUT2D eigenvalue weighted by Crippen LogP contribution is 2.11. The van der Waals surface area contributed by atoms with E-state index in [0.29, 0.717) is 19.6 Å². The molecule has 7 heteroatoms. The second kappa shape index (κ2) is 8.62. The summed E-state index contributed by atoms with van der Waals surface area (Å²) in [5.74, 6) is 1.06. The summed E-state index contributed by atoms with van der Waals surface area (Å²) >= 11 is 1.61. The second-order valence-corrected chi connectivity index (χ2v) is 7.00. The summed E-state index contributed by atoms with van der Waals surface area (Å²) in [6.07, 6.45) is 2.42. The molecule has 2 amide bonds. The van der Waals surface area contributed by atoms with Crippen LogP contribution in [0.15, 0.2) is 41.9 Å². The van der Waals surface area contributed by atoms with Crippen LogP contribution in [0.25, 0.3) is 0 Å². The van der Waals surface area contributed by atoms with Gasteiger partial charge < -0.3 is 10.2 Å². The molecule has 1 saturated heterocycles. The van der Waals surface area contributed by atoms with Gasteiger partial charge >= 0.3 is 0 Å². The van der Waals surface area contributed by atoms with E-state index in [1.54, 1.807) is 11.3 Å². The number of nitrogens with zero attached hydrogens (tertiary/aromatic N) is 2. The van der Waals surface area contributed by atoms with Gasteiger partial charge in [-0.15, -0.1) is 11.3 Å². The Bertz CT molecular complexity index is 682. The van der Waals surface area contributed by atoms with Crippen LogP contribution in [0.3, 0.4) is 0 Å². The van der Waals surface area contributed by atoms with E-state index in [0.717, 1.165) is 23.8 Å². The number of rotatable bonds is 6. The second-order valence-electron chi connectivity index (χ2n) is 5.97. The zero-order valence-electron chi connectivity index (χ0n) is 14.1. The molecular formula is C18H23N4O2S+. The maximum atomic E-state index is 12.3. The lowest BCUT2D eigenvalue weighted by Gasteiger charge is -2.31. The number of aromatic amines is 1. The van der Waals surface area contributed by atoms with Gasteiger partial charge in [0.05, 0.1) is 25.8 Å². The van der Waals surface area contributed by atoms with Gasteiger partial charge in [-0.2, -0.15) is 0 Å². The van der Waals surface area contributed by atoms with Crippen molar-refractivity contribution in [2.75, 3.05) is 31.1 Å². The van der Waals surface area contributed by atoms with Crippen molar-refractivity contribution in [1.82, 2.24) is 10.2 Å². The maximum Gasteiger partial charge on any atom is 0.274 e. The van der Waals surface area contributed by atoms with Crippen LogP contribution in [0.1, 0.15) is 17.7 Å². The molecule has 132 valence electrons. The van der Waals surface area contributed by atoms with E-state index in [1.807, 2.05) is 46.8 Å². The Morgan fingerprint density at radius 2 is 1.92 bits per heavy atom. The van der Waals surface area contributed by atoms with Crippen LogP contribution in [0.2, 0.25) is 0 Å². The zero-order chi connectivity index (χ0) is 17.5. The van der Waals surface area contributed by atoms with Crippen molar-refractivity contribution >= 4 is 29.0 Å². The molecule has 0 aliphatic carbocycles. The first-order valence-corrected chi connectivity index (χ1v) is 9.39. The summed E-state index contributed by atoms with van der Waals surface area (Å²) in [4.78, 5) is 32.6. The third kappa shape index (κ3) is 5.03. The number of carbonyl (C=O) groups is 2. The molecule has 0 aromatic carbocycles. The molecule has 6 nitrogen and oxygen atoms in total. The van der Waals surface area contributed by atoms with Crippen LogP contribution in [0.5, 0.6) is 0 Å². The van der Waals surface area contributed by atoms with Crippen molar-refractivity contribution in [1.29, 1.82) is 0 Å². The van der Waals surface area contributed by atoms with Gasteiger partial charge in [-0.05, 0) is 17.5 Å². The van der Waals surface area contributed by atoms with E-state index >= 15 is 0 Å². The zero-order valence-corrected chi connectivity index (χ0v) is 14.9. The fourth-order valence-electron chi connectivity index (χ4n) is 2.84. The third-order valence-electron chi connectivity index (χ3n) is 4.27. The molecular weight excluding hydrogens is 336 g/mol. The van der Waals surface area contributed by atoms with Gasteiger partial charge in [-0.1, -0.05) is 12.1 Å². The lowest BCUT2D eigenvalue weighted by molar-refractivity contribution is -0.364. The Labute approximate surface area is 151 Å². The molecule has 3 heterocycles. The standard InChI is InChI=1S/C18H22N4O2S/c23-17(20-14-15-4-3-13-25-15)6-7-18(24)22-11-9-21(10-12-22)16-5-1-2-8-19-16/h1-5,8,13H,6-7,9-12,14H2,(H,20,23)/p+1. The van der Waals surface area contributed by atoms with Crippen LogP contribution in [0, 0.1) is 0 Å². The van der Waals surface area contributed by atoms with Crippen molar-refractivity contribution < 1.29 is 14.6 Å². The number of nitrogens with one attached hydrogen (secondary N) is 2. The number of pyridine rings is 1. The van der Waals surface area contributed by atoms with Crippen LogP contribution in [-0.2, 0) is 16.1 Å². The van der Waals surface area contributed by atoms with Gasteiger partial charge in [0, 0.05) is 23.8 Å². The van der Waals surface area contributed by atoms with Gasteiger partial charge in [-0.25, -0.2) is 4.98 Å². The minimum atomic E-state index is -0.0701. The average molecular weight is 359 g/mol. The van der Waals surface area contributed by atoms with Crippen LogP contribution in [-0.4, -0.2) is 42.9 Å². The van der Waals surface area contributed by atoms with Crippen molar-refractivity contribution in [2.24, 2.45) is 0 Å². The summed E-state index contributed by atoms with van der Waals surface area (Å²) in [5.41, 5.74) is 0. The first kappa shape index (κ1) is 17.4. The van der Waals surface area contributed by atoms with E-state index in [-0.39, 0.29) is 24.7 Å². The lowest BCUT2D eigenvalue weighted by Crippen LogP contribution is -2.50. The van der Waals surface area contributed by atoms with Crippen molar-refractivity contribution in [3.63, 3.8) is 0 Å². The molecule has 2 aromatic rings. The van der Waals surface area contributed by atoms with Crippen LogP contribution in [0.4, 0.5) is 5.82 Å². The van der Waals surface area contributed by atoms with Crippen molar-refractivity contribution in [2.45, 2.75) is 19.4 Å². The molecule has 0 spiro atoms. The van der Waals surface area contributed by atoms with E-state index in [2.05, 4.69) is 15.2 Å². The predicted molar refractivity (Wildman–Crippen MR) is 97.2 cm³/mol. The molecule has 1 aliphatic heterocycles. The number of hydrogen-bond donors (Lipinski definition) is 1. The van der Waals surface area contributed by atoms with E-state index in [9.17, 15) is 9.59 Å². The van der Waals surface area contributed by atoms with Gasteiger partial charge in [0.25, 0.3) is 5.82 Å². The fraction of sp³-hybridized carbons (Fsp3) is 0.389. The van der Waals surface area contributed by atoms with E-state index in [1.165, 1.54) is 0 Å². The highest BCUT2D eigenvalue weighted by molar-refractivity contribution is 7.09. The minimum absolute atomic E-state index is 0.0583. The normalized spacial score (nSPS) is 14.4. The molecule has 25 heavy (non-hydrogen) atoms. The number of carbonyl (C=O) groups excluding carboxylic acids is 2. The molecule has 0 bridgehead atoms. The smallest absolute Gasteiger partial charge is 0.274 e. The molecule has 2 N–H and O–H groups in total. The Kier molecular flexibility index (Phi) is 6.00. The molecule has 0 atom stereocenters. The monoisotopic (exact) mass is 359 g/mol. The number of anilines is 1. The van der Waals surface area contributed by atoms with E-state index in [4.69, 9.17) is 0 Å². The first-order valence-electron chi connectivity index (χ1n) is 8.51. The average Bonchev–Trinajstić information content (AvgIpc) is 3.19. The molecule has 2 aromatic heterocycles. The predicted octanol–water partition coefficient (Wildman–Crippen LogP) is 1.31. The van der Waals surface area contributed by atoms with Crippen molar-refractivity contribution in [3.05, 3.63) is 46.8 Å². The fourth-order valence-corrected chi connectivity index (χ4v) is 3.49. The molecule has 1 fully saturated rings. The number of H-pyrrole nitrogens is 1. The Morgan fingerprint density at radius 3 is 2.60 bits per heavy atom. The molecule has 0 saturated carbocycles. The third-order valence-corrected chi connectivity index (χ3v) is 5.15. The SMILES string of the molecule is O=C(CCC(=O)N1CCN(c2cccc[nH+]2)CC1)NCc1cccs1. The van der Waals surface area contributed by atoms with Gasteiger partial charge in [0.1, 0.15) is 13.1 Å². The lowest BCUT2D eigenvalue weighted by atomic mass is 10.2. The summed E-state index contributed by atoms with van der Waals surface area (Å²) in [6.45, 7) is 3.53. The molecule has 1 aliphatic rings. The van der Waals surface area contributed by atoms with Gasteiger partial charge in [-0.3, -0.25) is 14.5 Å². The first-order chi connectivity index (χ1) is 12.2. The number of hydrogen-bond acceptors (Lipinski definition) is 4. The largest absolute Gasteiger partial charge is 0.351 e. The minimum Gasteiger partial charge on any atom is -0.351 e. The van der Waals surface area contributed by atoms with Gasteiger partial charge in [0.15, 0.2) is 0 Å². The highest BCUT2D eigenvalue weighted by Gasteiger charge is 2.25. The van der Waals surface area contributed by atoms with E-state index < -0.39 is 0 Å². The summed E-state index contributed by atoms with van der Waals surface area (Å²) in [5, 5.41) is 4.84.